The van der Waals surface area contributed by atoms with Crippen LogP contribution in [0, 0.1) is 0 Å². The molecule has 32 heavy (non-hydrogen) atoms. The molecule has 0 unspecified atom stereocenters. The number of hydrogen-bond donors (Lipinski definition) is 6. The number of benzene rings is 2. The molecule has 0 aliphatic carbocycles. The highest BCUT2D eigenvalue weighted by molar-refractivity contribution is 6.05. The minimum Gasteiger partial charge on any atom is -0.480 e. The van der Waals surface area contributed by atoms with E-state index in [-0.39, 0.29) is 12.3 Å². The van der Waals surface area contributed by atoms with Gasteiger partial charge in [0.1, 0.15) is 12.4 Å². The first-order valence-corrected chi connectivity index (χ1v) is 9.87. The number of urea groups is 1. The van der Waals surface area contributed by atoms with Crippen molar-refractivity contribution in [3.63, 3.8) is 0 Å². The van der Waals surface area contributed by atoms with Gasteiger partial charge in [0.15, 0.2) is 0 Å². The van der Waals surface area contributed by atoms with E-state index < -0.39 is 23.6 Å². The molecule has 2 rings (SSSR count). The van der Waals surface area contributed by atoms with E-state index in [2.05, 4.69) is 26.4 Å². The van der Waals surface area contributed by atoms with Crippen molar-refractivity contribution in [2.75, 3.05) is 10.6 Å². The Labute approximate surface area is 186 Å². The molecule has 3 amide bonds. The quantitative estimate of drug-likeness (QED) is 0.160. The second-order valence-corrected chi connectivity index (χ2v) is 8.10. The Morgan fingerprint density at radius 1 is 1.09 bits per heavy atom. The highest BCUT2D eigenvalue weighted by Gasteiger charge is 2.22. The lowest BCUT2D eigenvalue weighted by Crippen LogP contribution is -2.52. The van der Waals surface area contributed by atoms with E-state index >= 15 is 0 Å². The fourth-order valence-electron chi connectivity index (χ4n) is 2.76. The molecule has 10 heteroatoms. The minimum absolute atomic E-state index is 0.0948. The first kappa shape index (κ1) is 24.2. The molecular formula is C22H28N6O4. The Balaban J connectivity index is 2.00. The summed E-state index contributed by atoms with van der Waals surface area (Å²) in [6.07, 6.45) is 1.40. The van der Waals surface area contributed by atoms with Gasteiger partial charge in [-0.25, -0.2) is 9.59 Å². The first-order chi connectivity index (χ1) is 15.1. The van der Waals surface area contributed by atoms with Crippen molar-refractivity contribution in [2.45, 2.75) is 38.8 Å². The number of anilines is 2. The smallest absolute Gasteiger partial charge is 0.326 e. The summed E-state index contributed by atoms with van der Waals surface area (Å²) in [4.78, 5) is 36.1. The van der Waals surface area contributed by atoms with Gasteiger partial charge in [-0.3, -0.25) is 4.79 Å². The molecule has 1 atom stereocenters. The normalized spacial score (nSPS) is 12.1. The first-order valence-electron chi connectivity index (χ1n) is 9.87. The summed E-state index contributed by atoms with van der Waals surface area (Å²) < 4.78 is 0. The van der Waals surface area contributed by atoms with Gasteiger partial charge >= 0.3 is 12.0 Å². The molecule has 0 aromatic heterocycles. The number of rotatable bonds is 8. The van der Waals surface area contributed by atoms with Gasteiger partial charge < -0.3 is 32.2 Å². The van der Waals surface area contributed by atoms with Crippen molar-refractivity contribution in [3.8, 4) is 0 Å². The van der Waals surface area contributed by atoms with Crippen LogP contribution in [0.1, 0.15) is 36.7 Å². The summed E-state index contributed by atoms with van der Waals surface area (Å²) in [5, 5.41) is 23.5. The van der Waals surface area contributed by atoms with Crippen LogP contribution in [-0.4, -0.2) is 40.9 Å². The SMILES string of the molecule is CC(C)(C)NC(=O)N[C@@H](Cc1ccc(NC(=O)c2cccc(NC=NN)c2)cc1)C(=O)O. The molecule has 0 aliphatic heterocycles. The maximum atomic E-state index is 12.5. The van der Waals surface area contributed by atoms with E-state index in [1.807, 2.05) is 0 Å². The third kappa shape index (κ3) is 7.98. The number of nitrogens with two attached hydrogens (primary N) is 1. The van der Waals surface area contributed by atoms with Crippen LogP contribution >= 0.6 is 0 Å². The van der Waals surface area contributed by atoms with E-state index in [1.54, 1.807) is 69.3 Å². The standard InChI is InChI=1S/C22H28N6O4/c1-22(2,3)28-21(32)27-18(20(30)31)11-14-7-9-16(10-8-14)26-19(29)15-5-4-6-17(12-15)24-13-25-23/h4-10,12-13,18H,11,23H2,1-3H3,(H,24,25)(H,26,29)(H,30,31)(H2,27,28,32)/t18-/m0/s1. The van der Waals surface area contributed by atoms with Crippen LogP contribution in [0.4, 0.5) is 16.2 Å². The summed E-state index contributed by atoms with van der Waals surface area (Å²) in [6.45, 7) is 5.41. The van der Waals surface area contributed by atoms with Crippen molar-refractivity contribution in [2.24, 2.45) is 10.9 Å². The molecule has 0 bridgehead atoms. The Hall–Kier alpha value is -4.08. The van der Waals surface area contributed by atoms with E-state index in [1.165, 1.54) is 6.34 Å². The number of hydrazone groups is 1. The summed E-state index contributed by atoms with van der Waals surface area (Å²) in [6, 6.07) is 11.9. The number of carbonyl (C=O) groups is 3. The summed E-state index contributed by atoms with van der Waals surface area (Å²) in [5.41, 5.74) is 1.85. The lowest BCUT2D eigenvalue weighted by molar-refractivity contribution is -0.139. The number of carboxylic acid groups (broad SMARTS) is 1. The van der Waals surface area contributed by atoms with Crippen molar-refractivity contribution in [1.29, 1.82) is 0 Å². The summed E-state index contributed by atoms with van der Waals surface area (Å²) in [5.74, 6) is 3.60. The fraction of sp³-hybridized carbons (Fsp3) is 0.273. The van der Waals surface area contributed by atoms with Crippen LogP contribution in [-0.2, 0) is 11.2 Å². The van der Waals surface area contributed by atoms with Gasteiger partial charge in [0.25, 0.3) is 5.91 Å². The molecule has 0 heterocycles. The van der Waals surface area contributed by atoms with Crippen LogP contribution < -0.4 is 27.1 Å². The predicted molar refractivity (Wildman–Crippen MR) is 124 cm³/mol. The van der Waals surface area contributed by atoms with Crippen LogP contribution in [0.5, 0.6) is 0 Å². The highest BCUT2D eigenvalue weighted by Crippen LogP contribution is 2.15. The maximum Gasteiger partial charge on any atom is 0.326 e. The van der Waals surface area contributed by atoms with Crippen LogP contribution in [0.2, 0.25) is 0 Å². The number of nitrogens with zero attached hydrogens (tertiary/aromatic N) is 1. The molecule has 0 fully saturated rings. The van der Waals surface area contributed by atoms with E-state index in [0.29, 0.717) is 22.5 Å². The minimum atomic E-state index is -1.14. The van der Waals surface area contributed by atoms with Gasteiger partial charge in [-0.15, -0.1) is 0 Å². The fourth-order valence-corrected chi connectivity index (χ4v) is 2.76. The number of aliphatic carboxylic acids is 1. The van der Waals surface area contributed by atoms with Gasteiger partial charge in [0.05, 0.1) is 0 Å². The molecule has 0 saturated heterocycles. The maximum absolute atomic E-state index is 12.5. The molecule has 10 nitrogen and oxygen atoms in total. The molecule has 7 N–H and O–H groups in total. The zero-order valence-electron chi connectivity index (χ0n) is 18.2. The Kier molecular flexibility index (Phi) is 8.17. The molecule has 0 spiro atoms. The highest BCUT2D eigenvalue weighted by atomic mass is 16.4. The number of carboxylic acids is 1. The van der Waals surface area contributed by atoms with Gasteiger partial charge in [0.2, 0.25) is 0 Å². The number of hydrogen-bond acceptors (Lipinski definition) is 5. The largest absolute Gasteiger partial charge is 0.480 e. The molecule has 2 aromatic rings. The number of carbonyl (C=O) groups excluding carboxylic acids is 2. The second kappa shape index (κ2) is 10.8. The van der Waals surface area contributed by atoms with E-state index in [4.69, 9.17) is 5.84 Å². The van der Waals surface area contributed by atoms with Crippen LogP contribution in [0.25, 0.3) is 0 Å². The van der Waals surface area contributed by atoms with Gasteiger partial charge in [-0.1, -0.05) is 18.2 Å². The Morgan fingerprint density at radius 3 is 2.38 bits per heavy atom. The second-order valence-electron chi connectivity index (χ2n) is 8.10. The summed E-state index contributed by atoms with van der Waals surface area (Å²) in [7, 11) is 0. The Bertz CT molecular complexity index is 983. The van der Waals surface area contributed by atoms with E-state index in [0.717, 1.165) is 0 Å². The van der Waals surface area contributed by atoms with Crippen molar-refractivity contribution in [3.05, 3.63) is 59.7 Å². The zero-order valence-corrected chi connectivity index (χ0v) is 18.2. The van der Waals surface area contributed by atoms with E-state index in [9.17, 15) is 19.5 Å². The molecular weight excluding hydrogens is 412 g/mol. The third-order valence-corrected chi connectivity index (χ3v) is 4.17. The summed E-state index contributed by atoms with van der Waals surface area (Å²) >= 11 is 0. The molecule has 0 aliphatic rings. The van der Waals surface area contributed by atoms with Gasteiger partial charge in [-0.05, 0) is 56.7 Å². The van der Waals surface area contributed by atoms with Gasteiger partial charge in [-0.2, -0.15) is 5.10 Å². The molecule has 0 radical (unpaired) electrons. The Morgan fingerprint density at radius 2 is 1.78 bits per heavy atom. The lowest BCUT2D eigenvalue weighted by Gasteiger charge is -2.23. The van der Waals surface area contributed by atoms with Gasteiger partial charge in [0, 0.05) is 28.9 Å². The lowest BCUT2D eigenvalue weighted by atomic mass is 10.1. The van der Waals surface area contributed by atoms with Crippen molar-refractivity contribution >= 4 is 35.6 Å². The number of nitrogens with one attached hydrogen (secondary N) is 4. The molecule has 170 valence electrons. The molecule has 0 saturated carbocycles. The van der Waals surface area contributed by atoms with Crippen molar-refractivity contribution in [1.82, 2.24) is 10.6 Å². The van der Waals surface area contributed by atoms with Crippen molar-refractivity contribution < 1.29 is 19.5 Å². The van der Waals surface area contributed by atoms with Crippen LogP contribution in [0.3, 0.4) is 0 Å². The number of amides is 3. The molecule has 2 aromatic carbocycles. The topological polar surface area (TPSA) is 158 Å². The predicted octanol–water partition coefficient (Wildman–Crippen LogP) is 2.35. The third-order valence-electron chi connectivity index (χ3n) is 4.17. The average Bonchev–Trinajstić information content (AvgIpc) is 2.72. The zero-order chi connectivity index (χ0) is 23.7. The average molecular weight is 441 g/mol. The van der Waals surface area contributed by atoms with Crippen LogP contribution in [0.15, 0.2) is 53.6 Å². The monoisotopic (exact) mass is 440 g/mol.